The highest BCUT2D eigenvalue weighted by molar-refractivity contribution is 6.05. The molecule has 2 aliphatic carbocycles. The minimum Gasteiger partial charge on any atom is -0.334 e. The third-order valence-electron chi connectivity index (χ3n) is 6.89. The number of fused-ring (bicyclic) bond motifs is 2. The van der Waals surface area contributed by atoms with Gasteiger partial charge < -0.3 is 4.90 Å². The average Bonchev–Trinajstić information content (AvgIpc) is 2.85. The van der Waals surface area contributed by atoms with E-state index in [1.165, 1.54) is 23.9 Å². The van der Waals surface area contributed by atoms with E-state index in [1.807, 2.05) is 38.1 Å². The zero-order chi connectivity index (χ0) is 18.7. The Kier molecular flexibility index (Phi) is 3.88. The van der Waals surface area contributed by atoms with E-state index in [4.69, 9.17) is 0 Å². The van der Waals surface area contributed by atoms with Crippen LogP contribution in [0.2, 0.25) is 0 Å². The number of benzene rings is 1. The summed E-state index contributed by atoms with van der Waals surface area (Å²) in [6, 6.07) is 7.68. The zero-order valence-corrected chi connectivity index (χ0v) is 16.1. The van der Waals surface area contributed by atoms with Gasteiger partial charge in [0.05, 0.1) is 11.4 Å². The van der Waals surface area contributed by atoms with Crippen molar-refractivity contribution < 1.29 is 4.79 Å². The molecule has 6 rings (SSSR count). The molecule has 2 aromatic rings. The molecule has 2 aliphatic heterocycles. The van der Waals surface area contributed by atoms with Crippen LogP contribution in [0.15, 0.2) is 29.1 Å². The maximum Gasteiger partial charge on any atom is 0.275 e. The standard InChI is InChI=1S/C22H27N3O2/c1-13(2)25-21(26)19-6-4-3-5-18(19)20(23-25)22(27)24-12-16-8-14-7-15(9-16)11-17(24)10-14/h3-6,13-17H,7-12H2,1-2H3. The van der Waals surface area contributed by atoms with E-state index < -0.39 is 0 Å². The van der Waals surface area contributed by atoms with Crippen LogP contribution in [0, 0.1) is 17.8 Å². The van der Waals surface area contributed by atoms with Crippen LogP contribution in [-0.4, -0.2) is 33.2 Å². The van der Waals surface area contributed by atoms with Crippen LogP contribution in [0.25, 0.3) is 10.8 Å². The Balaban J connectivity index is 1.62. The van der Waals surface area contributed by atoms with Crippen molar-refractivity contribution in [1.82, 2.24) is 14.7 Å². The smallest absolute Gasteiger partial charge is 0.275 e. The van der Waals surface area contributed by atoms with Crippen molar-refractivity contribution in [3.63, 3.8) is 0 Å². The van der Waals surface area contributed by atoms with Gasteiger partial charge in [-0.1, -0.05) is 18.2 Å². The maximum atomic E-state index is 13.7. The van der Waals surface area contributed by atoms with Crippen molar-refractivity contribution in [1.29, 1.82) is 0 Å². The molecule has 2 saturated carbocycles. The lowest BCUT2D eigenvalue weighted by Crippen LogP contribution is -2.43. The third-order valence-corrected chi connectivity index (χ3v) is 6.89. The SMILES string of the molecule is CC(C)n1nc(C(=O)N2CC3CC4CC(C3)CC2C4)c2ccccc2c1=O. The largest absolute Gasteiger partial charge is 0.334 e. The second-order valence-corrected chi connectivity index (χ2v) is 9.13. The van der Waals surface area contributed by atoms with Crippen molar-refractivity contribution >= 4 is 16.7 Å². The lowest BCUT2D eigenvalue weighted by atomic mass is 9.68. The molecular weight excluding hydrogens is 338 g/mol. The Bertz CT molecular complexity index is 950. The molecule has 0 N–H and O–H groups in total. The van der Waals surface area contributed by atoms with Crippen LogP contribution < -0.4 is 5.56 Å². The van der Waals surface area contributed by atoms with Crippen LogP contribution >= 0.6 is 0 Å². The van der Waals surface area contributed by atoms with Gasteiger partial charge in [-0.2, -0.15) is 5.10 Å². The number of nitrogens with zero attached hydrogens (tertiary/aromatic N) is 3. The van der Waals surface area contributed by atoms with E-state index in [0.29, 0.717) is 28.4 Å². The van der Waals surface area contributed by atoms with E-state index in [9.17, 15) is 9.59 Å². The highest BCUT2D eigenvalue weighted by Gasteiger charge is 2.44. The number of hydrogen-bond donors (Lipinski definition) is 0. The molecule has 3 heterocycles. The van der Waals surface area contributed by atoms with Crippen LogP contribution in [0.3, 0.4) is 0 Å². The van der Waals surface area contributed by atoms with Crippen molar-refractivity contribution in [2.75, 3.05) is 6.54 Å². The minimum atomic E-state index is -0.118. The summed E-state index contributed by atoms with van der Waals surface area (Å²) < 4.78 is 1.47. The van der Waals surface area contributed by atoms with Gasteiger partial charge in [-0.25, -0.2) is 4.68 Å². The first-order chi connectivity index (χ1) is 13.0. The number of hydrogen-bond acceptors (Lipinski definition) is 3. The summed E-state index contributed by atoms with van der Waals surface area (Å²) in [4.78, 5) is 28.6. The maximum absolute atomic E-state index is 13.7. The molecule has 1 aromatic carbocycles. The molecular formula is C22H27N3O2. The van der Waals surface area contributed by atoms with E-state index >= 15 is 0 Å². The van der Waals surface area contributed by atoms with Crippen LogP contribution in [0.1, 0.15) is 62.5 Å². The van der Waals surface area contributed by atoms with E-state index in [2.05, 4.69) is 10.00 Å². The first-order valence-corrected chi connectivity index (χ1v) is 10.3. The summed E-state index contributed by atoms with van der Waals surface area (Å²) in [7, 11) is 0. The second kappa shape index (κ2) is 6.18. The number of aromatic nitrogens is 2. The molecule has 27 heavy (non-hydrogen) atoms. The second-order valence-electron chi connectivity index (χ2n) is 9.13. The highest BCUT2D eigenvalue weighted by atomic mass is 16.2. The van der Waals surface area contributed by atoms with Crippen LogP contribution in [0.4, 0.5) is 0 Å². The summed E-state index contributed by atoms with van der Waals surface area (Å²) in [6.07, 6.45) is 6.18. The normalized spacial score (nSPS) is 29.5. The number of carbonyl (C=O) groups is 1. The number of amides is 1. The molecule has 0 spiro atoms. The topological polar surface area (TPSA) is 55.2 Å². The van der Waals surface area contributed by atoms with Crippen molar-refractivity contribution in [3.8, 4) is 0 Å². The molecule has 2 unspecified atom stereocenters. The Morgan fingerprint density at radius 1 is 1.00 bits per heavy atom. The Morgan fingerprint density at radius 2 is 1.63 bits per heavy atom. The molecule has 2 saturated heterocycles. The third kappa shape index (κ3) is 2.70. The molecule has 5 nitrogen and oxygen atoms in total. The predicted molar refractivity (Wildman–Crippen MR) is 105 cm³/mol. The van der Waals surface area contributed by atoms with E-state index in [0.717, 1.165) is 31.2 Å². The molecule has 1 aromatic heterocycles. The number of rotatable bonds is 2. The van der Waals surface area contributed by atoms with Crippen molar-refractivity contribution in [3.05, 3.63) is 40.3 Å². The Morgan fingerprint density at radius 3 is 2.30 bits per heavy atom. The molecule has 4 bridgehead atoms. The van der Waals surface area contributed by atoms with Gasteiger partial charge in [0.2, 0.25) is 0 Å². The van der Waals surface area contributed by atoms with Gasteiger partial charge >= 0.3 is 0 Å². The molecule has 1 amide bonds. The van der Waals surface area contributed by atoms with Gasteiger partial charge in [0.15, 0.2) is 5.69 Å². The van der Waals surface area contributed by atoms with Crippen LogP contribution in [0.5, 0.6) is 0 Å². The fourth-order valence-electron chi connectivity index (χ4n) is 5.88. The minimum absolute atomic E-state index is 0.0128. The highest BCUT2D eigenvalue weighted by Crippen LogP contribution is 2.47. The molecule has 0 radical (unpaired) electrons. The first-order valence-electron chi connectivity index (χ1n) is 10.3. The van der Waals surface area contributed by atoms with Crippen LogP contribution in [-0.2, 0) is 0 Å². The van der Waals surface area contributed by atoms with E-state index in [1.54, 1.807) is 0 Å². The fourth-order valence-corrected chi connectivity index (χ4v) is 5.88. The molecule has 2 atom stereocenters. The van der Waals surface area contributed by atoms with Gasteiger partial charge in [0, 0.05) is 18.0 Å². The summed E-state index contributed by atoms with van der Waals surface area (Å²) in [5.41, 5.74) is 0.327. The first kappa shape index (κ1) is 17.0. The lowest BCUT2D eigenvalue weighted by Gasteiger charge is -2.39. The molecule has 142 valence electrons. The summed E-state index contributed by atoms with van der Waals surface area (Å²) >= 11 is 0. The number of carbonyl (C=O) groups excluding carboxylic acids is 1. The molecule has 4 fully saturated rings. The summed E-state index contributed by atoms with van der Waals surface area (Å²) in [5, 5.41) is 5.84. The van der Waals surface area contributed by atoms with Gasteiger partial charge in [0.1, 0.15) is 0 Å². The fraction of sp³-hybridized carbons (Fsp3) is 0.591. The predicted octanol–water partition coefficient (Wildman–Crippen LogP) is 3.63. The van der Waals surface area contributed by atoms with Gasteiger partial charge in [0.25, 0.3) is 11.5 Å². The van der Waals surface area contributed by atoms with Crippen molar-refractivity contribution in [2.24, 2.45) is 17.8 Å². The van der Waals surface area contributed by atoms with Gasteiger partial charge in [-0.05, 0) is 69.8 Å². The average molecular weight is 365 g/mol. The van der Waals surface area contributed by atoms with Gasteiger partial charge in [-0.15, -0.1) is 0 Å². The Labute approximate surface area is 159 Å². The summed E-state index contributed by atoms with van der Waals surface area (Å²) in [5.74, 6) is 2.23. The molecule has 5 heteroatoms. The zero-order valence-electron chi connectivity index (χ0n) is 16.1. The monoisotopic (exact) mass is 365 g/mol. The lowest BCUT2D eigenvalue weighted by molar-refractivity contribution is 0.0626. The quantitative estimate of drug-likeness (QED) is 0.817. The molecule has 4 aliphatic rings. The van der Waals surface area contributed by atoms with Gasteiger partial charge in [-0.3, -0.25) is 9.59 Å². The van der Waals surface area contributed by atoms with Crippen molar-refractivity contribution in [2.45, 2.75) is 58.0 Å². The summed E-state index contributed by atoms with van der Waals surface area (Å²) in [6.45, 7) is 4.72. The van der Waals surface area contributed by atoms with E-state index in [-0.39, 0.29) is 17.5 Å². The Hall–Kier alpha value is -2.17.